The van der Waals surface area contributed by atoms with Crippen molar-refractivity contribution < 1.29 is 4.79 Å². The fourth-order valence-electron chi connectivity index (χ4n) is 2.99. The molecule has 0 aliphatic carbocycles. The summed E-state index contributed by atoms with van der Waals surface area (Å²) in [5, 5.41) is 7.49. The van der Waals surface area contributed by atoms with Crippen LogP contribution < -0.4 is 10.7 Å². The molecule has 0 unspecified atom stereocenters. The third kappa shape index (κ3) is 3.36. The van der Waals surface area contributed by atoms with E-state index in [1.54, 1.807) is 18.6 Å². The molecule has 7 nitrogen and oxygen atoms in total. The van der Waals surface area contributed by atoms with E-state index < -0.39 is 0 Å². The first-order valence-electron chi connectivity index (χ1n) is 8.43. The monoisotopic (exact) mass is 338 g/mol. The molecule has 1 aliphatic heterocycles. The Kier molecular flexibility index (Phi) is 5.04. The highest BCUT2D eigenvalue weighted by Gasteiger charge is 2.26. The molecule has 0 radical (unpaired) electrons. The van der Waals surface area contributed by atoms with Crippen molar-refractivity contribution >= 4 is 17.7 Å². The van der Waals surface area contributed by atoms with Crippen molar-refractivity contribution in [1.29, 1.82) is 0 Å². The average Bonchev–Trinajstić information content (AvgIpc) is 3.14. The highest BCUT2D eigenvalue weighted by atomic mass is 16.2. The van der Waals surface area contributed by atoms with Crippen molar-refractivity contribution in [2.75, 3.05) is 6.54 Å². The maximum atomic E-state index is 12.3. The summed E-state index contributed by atoms with van der Waals surface area (Å²) in [5.74, 6) is -0.233. The normalized spacial score (nSPS) is 15.6. The molecule has 3 N–H and O–H groups in total. The zero-order valence-corrected chi connectivity index (χ0v) is 14.7. The summed E-state index contributed by atoms with van der Waals surface area (Å²) in [4.78, 5) is 24.0. The van der Waals surface area contributed by atoms with Crippen LogP contribution in [0.3, 0.4) is 0 Å². The van der Waals surface area contributed by atoms with Crippen molar-refractivity contribution in [3.8, 4) is 0 Å². The highest BCUT2D eigenvalue weighted by molar-refractivity contribution is 6.32. The number of rotatable bonds is 6. The van der Waals surface area contributed by atoms with E-state index in [4.69, 9.17) is 0 Å². The predicted molar refractivity (Wildman–Crippen MR) is 97.0 cm³/mol. The smallest absolute Gasteiger partial charge is 0.273 e. The first-order valence-corrected chi connectivity index (χ1v) is 8.43. The lowest BCUT2D eigenvalue weighted by Crippen LogP contribution is -2.14. The van der Waals surface area contributed by atoms with Gasteiger partial charge < -0.3 is 10.3 Å². The molecule has 3 rings (SSSR count). The number of aromatic nitrogens is 3. The lowest BCUT2D eigenvalue weighted by atomic mass is 10.0. The Morgan fingerprint density at radius 3 is 2.76 bits per heavy atom. The number of nitrogens with zero attached hydrogens (tertiary/aromatic N) is 3. The number of hydrazone groups is 1. The number of nitrogens with one attached hydrogen (secondary N) is 3. The molecule has 1 amide bonds. The largest absolute Gasteiger partial charge is 0.359 e. The second kappa shape index (κ2) is 7.40. The van der Waals surface area contributed by atoms with E-state index in [-0.39, 0.29) is 5.91 Å². The van der Waals surface area contributed by atoms with Crippen molar-refractivity contribution in [3.63, 3.8) is 0 Å². The number of aryl methyl sites for hydroxylation is 1. The van der Waals surface area contributed by atoms with Crippen LogP contribution in [0.1, 0.15) is 42.1 Å². The van der Waals surface area contributed by atoms with Gasteiger partial charge in [0.05, 0.1) is 11.8 Å². The standard InChI is InChI=1S/C18H22N6O/c1-4-12-14(9-19-5-2)11(3)22-15(12)8-13-17(23-24-18(13)25)16-10-20-6-7-21-16/h6-8,10,19,22H,4-5,9H2,1-3H3,(H,24,25). The Morgan fingerprint density at radius 2 is 2.08 bits per heavy atom. The maximum absolute atomic E-state index is 12.3. The van der Waals surface area contributed by atoms with Gasteiger partial charge in [0.25, 0.3) is 5.91 Å². The number of carbonyl (C=O) groups excluding carboxylic acids is 1. The molecular formula is C18H22N6O. The van der Waals surface area contributed by atoms with Crippen molar-refractivity contribution in [1.82, 2.24) is 25.7 Å². The van der Waals surface area contributed by atoms with E-state index in [0.717, 1.165) is 30.9 Å². The minimum absolute atomic E-state index is 0.233. The Morgan fingerprint density at radius 1 is 1.24 bits per heavy atom. The number of hydrogen-bond donors (Lipinski definition) is 3. The Balaban J connectivity index is 2.02. The number of amides is 1. The molecule has 130 valence electrons. The average molecular weight is 338 g/mol. The van der Waals surface area contributed by atoms with E-state index in [1.807, 2.05) is 6.08 Å². The third-order valence-electron chi connectivity index (χ3n) is 4.23. The van der Waals surface area contributed by atoms with Crippen LogP contribution in [0.15, 0.2) is 29.3 Å². The highest BCUT2D eigenvalue weighted by Crippen LogP contribution is 2.24. The molecule has 0 atom stereocenters. The van der Waals surface area contributed by atoms with E-state index in [0.29, 0.717) is 17.0 Å². The summed E-state index contributed by atoms with van der Waals surface area (Å²) >= 11 is 0. The fraction of sp³-hybridized carbons (Fsp3) is 0.333. The van der Waals surface area contributed by atoms with Crippen LogP contribution in [0, 0.1) is 6.92 Å². The molecule has 0 bridgehead atoms. The van der Waals surface area contributed by atoms with Gasteiger partial charge in [0.15, 0.2) is 0 Å². The fourth-order valence-corrected chi connectivity index (χ4v) is 2.99. The van der Waals surface area contributed by atoms with Gasteiger partial charge in [0.1, 0.15) is 11.4 Å². The van der Waals surface area contributed by atoms with Gasteiger partial charge in [-0.05, 0) is 37.1 Å². The second-order valence-electron chi connectivity index (χ2n) is 5.80. The molecule has 3 heterocycles. The molecule has 2 aromatic rings. The number of H-pyrrole nitrogens is 1. The van der Waals surface area contributed by atoms with Crippen molar-refractivity contribution in [2.24, 2.45) is 5.10 Å². The van der Waals surface area contributed by atoms with E-state index in [2.05, 4.69) is 51.6 Å². The lowest BCUT2D eigenvalue weighted by molar-refractivity contribution is -0.116. The molecule has 1 aliphatic rings. The summed E-state index contributed by atoms with van der Waals surface area (Å²) in [6.07, 6.45) is 7.52. The van der Waals surface area contributed by atoms with Gasteiger partial charge in [0.2, 0.25) is 0 Å². The van der Waals surface area contributed by atoms with Gasteiger partial charge in [-0.25, -0.2) is 5.43 Å². The molecule has 0 aromatic carbocycles. The number of hydrogen-bond acceptors (Lipinski definition) is 5. The van der Waals surface area contributed by atoms with Gasteiger partial charge in [-0.2, -0.15) is 5.10 Å². The molecule has 0 spiro atoms. The topological polar surface area (TPSA) is 95.1 Å². The van der Waals surface area contributed by atoms with Crippen LogP contribution >= 0.6 is 0 Å². The molecule has 0 fully saturated rings. The van der Waals surface area contributed by atoms with Crippen molar-refractivity contribution in [2.45, 2.75) is 33.7 Å². The van der Waals surface area contributed by atoms with Crippen molar-refractivity contribution in [3.05, 3.63) is 52.4 Å². The SMILES string of the molecule is CCNCc1c(C)[nH]c(C=C2C(=O)NN=C2c2cnccn2)c1CC. The lowest BCUT2D eigenvalue weighted by Gasteiger charge is -2.05. The molecule has 2 aromatic heterocycles. The van der Waals surface area contributed by atoms with Gasteiger partial charge in [-0.1, -0.05) is 13.8 Å². The van der Waals surface area contributed by atoms with E-state index in [1.165, 1.54) is 11.1 Å². The second-order valence-corrected chi connectivity index (χ2v) is 5.80. The summed E-state index contributed by atoms with van der Waals surface area (Å²) < 4.78 is 0. The van der Waals surface area contributed by atoms with Gasteiger partial charge in [-0.3, -0.25) is 14.8 Å². The first-order chi connectivity index (χ1) is 12.2. The minimum Gasteiger partial charge on any atom is -0.359 e. The van der Waals surface area contributed by atoms with Gasteiger partial charge in [-0.15, -0.1) is 0 Å². The summed E-state index contributed by atoms with van der Waals surface area (Å²) in [6.45, 7) is 7.98. The summed E-state index contributed by atoms with van der Waals surface area (Å²) in [7, 11) is 0. The molecule has 0 saturated heterocycles. The first kappa shape index (κ1) is 17.0. The van der Waals surface area contributed by atoms with E-state index in [9.17, 15) is 4.79 Å². The maximum Gasteiger partial charge on any atom is 0.273 e. The van der Waals surface area contributed by atoms with Crippen LogP contribution in [0.5, 0.6) is 0 Å². The molecule has 0 saturated carbocycles. The third-order valence-corrected chi connectivity index (χ3v) is 4.23. The van der Waals surface area contributed by atoms with Crippen LogP contribution in [0.2, 0.25) is 0 Å². The van der Waals surface area contributed by atoms with Crippen LogP contribution in [0.4, 0.5) is 0 Å². The Hall–Kier alpha value is -2.80. The molecule has 7 heteroatoms. The van der Waals surface area contributed by atoms with Crippen LogP contribution in [0.25, 0.3) is 6.08 Å². The Bertz CT molecular complexity index is 835. The number of carbonyl (C=O) groups is 1. The zero-order valence-electron chi connectivity index (χ0n) is 14.7. The minimum atomic E-state index is -0.233. The van der Waals surface area contributed by atoms with E-state index >= 15 is 0 Å². The van der Waals surface area contributed by atoms with Gasteiger partial charge >= 0.3 is 0 Å². The predicted octanol–water partition coefficient (Wildman–Crippen LogP) is 1.70. The quantitative estimate of drug-likeness (QED) is 0.699. The summed E-state index contributed by atoms with van der Waals surface area (Å²) in [6, 6.07) is 0. The van der Waals surface area contributed by atoms with Crippen LogP contribution in [-0.4, -0.2) is 33.1 Å². The molecule has 25 heavy (non-hydrogen) atoms. The summed E-state index contributed by atoms with van der Waals surface area (Å²) in [5.41, 5.74) is 8.62. The van der Waals surface area contributed by atoms with Gasteiger partial charge in [0, 0.05) is 30.3 Å². The van der Waals surface area contributed by atoms with Crippen LogP contribution in [-0.2, 0) is 17.8 Å². The molecular weight excluding hydrogens is 316 g/mol. The zero-order chi connectivity index (χ0) is 17.8. The Labute approximate surface area is 146 Å². The number of aromatic amines is 1.